The van der Waals surface area contributed by atoms with Crippen LogP contribution in [0.1, 0.15) is 22.3 Å². The summed E-state index contributed by atoms with van der Waals surface area (Å²) in [6, 6.07) is 15.2. The van der Waals surface area contributed by atoms with Crippen LogP contribution in [-0.4, -0.2) is 12.9 Å². The summed E-state index contributed by atoms with van der Waals surface area (Å²) in [4.78, 5) is 12.6. The number of hydrogen-bond acceptors (Lipinski definition) is 3. The van der Waals surface area contributed by atoms with Crippen LogP contribution >= 0.6 is 0 Å². The molecule has 1 aliphatic carbocycles. The molecule has 2 aromatic rings. The highest BCUT2D eigenvalue weighted by molar-refractivity contribution is 6.07. The van der Waals surface area contributed by atoms with Crippen molar-refractivity contribution in [2.24, 2.45) is 0 Å². The topological polar surface area (TPSA) is 35.5 Å². The summed E-state index contributed by atoms with van der Waals surface area (Å²) in [5.41, 5.74) is 2.66. The second kappa shape index (κ2) is 8.15. The molecule has 0 bridgehead atoms. The molecule has 0 aliphatic heterocycles. The van der Waals surface area contributed by atoms with Crippen LogP contribution in [0.4, 0.5) is 0 Å². The molecule has 1 aliphatic rings. The minimum Gasteiger partial charge on any atom is -0.497 e. The molecular weight excluding hydrogens is 312 g/mol. The lowest BCUT2D eigenvalue weighted by Crippen LogP contribution is -2.03. The summed E-state index contributed by atoms with van der Waals surface area (Å²) < 4.78 is 11.1. The van der Waals surface area contributed by atoms with Gasteiger partial charge in [0.05, 0.1) is 12.7 Å². The smallest absolute Gasteiger partial charge is 0.189 e. The molecule has 126 valence electrons. The van der Waals surface area contributed by atoms with Crippen molar-refractivity contribution in [1.82, 2.24) is 0 Å². The van der Waals surface area contributed by atoms with E-state index >= 15 is 0 Å². The van der Waals surface area contributed by atoms with Gasteiger partial charge in [-0.05, 0) is 41.8 Å². The molecule has 0 fully saturated rings. The molecule has 0 saturated heterocycles. The van der Waals surface area contributed by atoms with Crippen LogP contribution in [0.3, 0.4) is 0 Å². The first kappa shape index (κ1) is 16.8. The average Bonchev–Trinajstić information content (AvgIpc) is 3.19. The molecule has 3 rings (SSSR count). The molecule has 0 atom stereocenters. The van der Waals surface area contributed by atoms with Gasteiger partial charge in [-0.15, -0.1) is 0 Å². The van der Waals surface area contributed by atoms with Gasteiger partial charge in [-0.1, -0.05) is 54.6 Å². The molecule has 0 spiro atoms. The maximum absolute atomic E-state index is 12.6. The van der Waals surface area contributed by atoms with Gasteiger partial charge in [0.2, 0.25) is 0 Å². The van der Waals surface area contributed by atoms with Gasteiger partial charge in [0.15, 0.2) is 5.78 Å². The first-order chi connectivity index (χ1) is 12.3. The highest BCUT2D eigenvalue weighted by Gasteiger charge is 2.12. The van der Waals surface area contributed by atoms with E-state index < -0.39 is 0 Å². The molecule has 0 unspecified atom stereocenters. The van der Waals surface area contributed by atoms with Crippen molar-refractivity contribution in [3.63, 3.8) is 0 Å². The van der Waals surface area contributed by atoms with Gasteiger partial charge in [-0.2, -0.15) is 0 Å². The lowest BCUT2D eigenvalue weighted by atomic mass is 10.1. The van der Waals surface area contributed by atoms with Gasteiger partial charge in [-0.25, -0.2) is 0 Å². The lowest BCUT2D eigenvalue weighted by molar-refractivity contribution is 0.104. The Morgan fingerprint density at radius 1 is 1.16 bits per heavy atom. The van der Waals surface area contributed by atoms with Gasteiger partial charge < -0.3 is 9.47 Å². The molecule has 0 amide bonds. The fourth-order valence-corrected chi connectivity index (χ4v) is 2.55. The van der Waals surface area contributed by atoms with Gasteiger partial charge in [0.1, 0.15) is 18.1 Å². The fourth-order valence-electron chi connectivity index (χ4n) is 2.55. The maximum Gasteiger partial charge on any atom is 0.189 e. The molecule has 2 aromatic carbocycles. The third-order valence-corrected chi connectivity index (χ3v) is 3.94. The molecule has 3 nitrogen and oxygen atoms in total. The van der Waals surface area contributed by atoms with E-state index in [1.165, 1.54) is 0 Å². The highest BCUT2D eigenvalue weighted by Crippen LogP contribution is 2.26. The minimum atomic E-state index is -0.102. The average molecular weight is 332 g/mol. The monoisotopic (exact) mass is 332 g/mol. The number of carbonyl (C=O) groups is 1. The van der Waals surface area contributed by atoms with E-state index in [9.17, 15) is 4.79 Å². The van der Waals surface area contributed by atoms with Gasteiger partial charge in [0, 0.05) is 0 Å². The third kappa shape index (κ3) is 4.48. The van der Waals surface area contributed by atoms with E-state index in [0.717, 1.165) is 17.6 Å². The summed E-state index contributed by atoms with van der Waals surface area (Å²) in [7, 11) is 1.58. The number of rotatable bonds is 7. The zero-order chi connectivity index (χ0) is 17.5. The summed E-state index contributed by atoms with van der Waals surface area (Å²) in [6.45, 7) is 0.409. The molecule has 3 heteroatoms. The largest absolute Gasteiger partial charge is 0.497 e. The van der Waals surface area contributed by atoms with E-state index in [4.69, 9.17) is 9.47 Å². The summed E-state index contributed by atoms with van der Waals surface area (Å²) in [5.74, 6) is 1.08. The van der Waals surface area contributed by atoms with Crippen molar-refractivity contribution in [2.45, 2.75) is 13.0 Å². The Morgan fingerprint density at radius 2 is 2.00 bits per heavy atom. The Balaban J connectivity index is 1.79. The van der Waals surface area contributed by atoms with Crippen LogP contribution in [0, 0.1) is 0 Å². The molecular formula is C22H20O3. The van der Waals surface area contributed by atoms with E-state index in [0.29, 0.717) is 23.7 Å². The molecule has 0 heterocycles. The Kier molecular flexibility index (Phi) is 5.47. The van der Waals surface area contributed by atoms with Crippen molar-refractivity contribution < 1.29 is 14.3 Å². The quantitative estimate of drug-likeness (QED) is 0.534. The molecule has 25 heavy (non-hydrogen) atoms. The van der Waals surface area contributed by atoms with Crippen LogP contribution in [0.25, 0.3) is 0 Å². The van der Waals surface area contributed by atoms with Crippen molar-refractivity contribution in [1.29, 1.82) is 0 Å². The molecule has 0 N–H and O–H groups in total. The van der Waals surface area contributed by atoms with Crippen molar-refractivity contribution in [3.05, 3.63) is 95.6 Å². The number of hydrogen-bond donors (Lipinski definition) is 0. The zero-order valence-electron chi connectivity index (χ0n) is 14.1. The highest BCUT2D eigenvalue weighted by atomic mass is 16.5. The first-order valence-corrected chi connectivity index (χ1v) is 8.19. The summed E-state index contributed by atoms with van der Waals surface area (Å²) in [6.07, 6.45) is 10.3. The Bertz CT molecular complexity index is 830. The minimum absolute atomic E-state index is 0.102. The predicted octanol–water partition coefficient (Wildman–Crippen LogP) is 4.90. The summed E-state index contributed by atoms with van der Waals surface area (Å²) >= 11 is 0. The number of ketones is 1. The van der Waals surface area contributed by atoms with Gasteiger partial charge in [0.25, 0.3) is 0 Å². The lowest BCUT2D eigenvalue weighted by Gasteiger charge is -2.11. The number of benzene rings is 2. The third-order valence-electron chi connectivity index (χ3n) is 3.94. The fraction of sp³-hybridized carbons (Fsp3) is 0.136. The van der Waals surface area contributed by atoms with Crippen molar-refractivity contribution in [3.8, 4) is 11.5 Å². The van der Waals surface area contributed by atoms with Crippen LogP contribution in [0.15, 0.2) is 84.5 Å². The Labute approximate surface area is 147 Å². The molecule has 0 saturated carbocycles. The van der Waals surface area contributed by atoms with Crippen LogP contribution in [-0.2, 0) is 6.61 Å². The van der Waals surface area contributed by atoms with Crippen molar-refractivity contribution >= 4 is 5.78 Å². The number of allylic oxidation sites excluding steroid dienone is 6. The Morgan fingerprint density at radius 3 is 2.72 bits per heavy atom. The van der Waals surface area contributed by atoms with Crippen LogP contribution in [0.5, 0.6) is 11.5 Å². The number of carbonyl (C=O) groups excluding carboxylic acids is 1. The van der Waals surface area contributed by atoms with E-state index in [-0.39, 0.29) is 5.78 Å². The predicted molar refractivity (Wildman–Crippen MR) is 99.1 cm³/mol. The number of ether oxygens (including phenoxy) is 2. The molecule has 0 radical (unpaired) electrons. The second-order valence-corrected chi connectivity index (χ2v) is 5.71. The summed E-state index contributed by atoms with van der Waals surface area (Å²) in [5, 5.41) is 0. The van der Waals surface area contributed by atoms with E-state index in [1.54, 1.807) is 31.4 Å². The SMILES string of the molecule is COc1ccc(OCc2ccccc2)c(C(=O)C=CC2=CC=CC2)c1. The van der Waals surface area contributed by atoms with E-state index in [2.05, 4.69) is 6.08 Å². The van der Waals surface area contributed by atoms with Gasteiger partial charge >= 0.3 is 0 Å². The molecule has 0 aromatic heterocycles. The van der Waals surface area contributed by atoms with Gasteiger partial charge in [-0.3, -0.25) is 4.79 Å². The van der Waals surface area contributed by atoms with E-state index in [1.807, 2.05) is 48.6 Å². The van der Waals surface area contributed by atoms with Crippen LogP contribution < -0.4 is 9.47 Å². The Hall–Kier alpha value is -3.07. The first-order valence-electron chi connectivity index (χ1n) is 8.19. The second-order valence-electron chi connectivity index (χ2n) is 5.71. The normalized spacial score (nSPS) is 13.1. The van der Waals surface area contributed by atoms with Crippen LogP contribution in [0.2, 0.25) is 0 Å². The standard InChI is InChI=1S/C22H20O3/c1-24-19-12-14-22(25-16-18-9-3-2-4-10-18)20(15-19)21(23)13-11-17-7-5-6-8-17/h2-7,9-15H,8,16H2,1H3. The number of methoxy groups -OCH3 is 1. The maximum atomic E-state index is 12.6. The zero-order valence-corrected chi connectivity index (χ0v) is 14.1. The van der Waals surface area contributed by atoms with Crippen molar-refractivity contribution in [2.75, 3.05) is 7.11 Å².